The standard InChI is InChI=1S/C14H24N2O2S/c1-3-5-6-7-13(4-2)16-19(17,18)14-10-8-12(15)9-11-14/h8-11,13,16H,3-7,15H2,1-2H3. The van der Waals surface area contributed by atoms with Crippen molar-refractivity contribution in [2.45, 2.75) is 56.9 Å². The maximum atomic E-state index is 12.2. The Balaban J connectivity index is 2.69. The van der Waals surface area contributed by atoms with E-state index in [1.54, 1.807) is 12.1 Å². The van der Waals surface area contributed by atoms with Gasteiger partial charge in [0.15, 0.2) is 0 Å². The molecule has 1 rings (SSSR count). The van der Waals surface area contributed by atoms with Crippen molar-refractivity contribution in [1.82, 2.24) is 4.72 Å². The number of anilines is 1. The summed E-state index contributed by atoms with van der Waals surface area (Å²) in [7, 11) is -3.43. The first-order chi connectivity index (χ1) is 8.99. The zero-order chi connectivity index (χ0) is 14.3. The number of benzene rings is 1. The first-order valence-corrected chi connectivity index (χ1v) is 8.35. The summed E-state index contributed by atoms with van der Waals surface area (Å²) >= 11 is 0. The highest BCUT2D eigenvalue weighted by Crippen LogP contribution is 2.14. The molecule has 0 fully saturated rings. The van der Waals surface area contributed by atoms with Crippen LogP contribution in [0.1, 0.15) is 46.0 Å². The number of nitrogens with two attached hydrogens (primary N) is 1. The Morgan fingerprint density at radius 3 is 2.32 bits per heavy atom. The van der Waals surface area contributed by atoms with Crippen molar-refractivity contribution in [3.8, 4) is 0 Å². The summed E-state index contributed by atoms with van der Waals surface area (Å²) in [6.45, 7) is 4.14. The number of nitrogen functional groups attached to an aromatic ring is 1. The fourth-order valence-electron chi connectivity index (χ4n) is 1.92. The van der Waals surface area contributed by atoms with Crippen molar-refractivity contribution < 1.29 is 8.42 Å². The zero-order valence-corrected chi connectivity index (χ0v) is 12.5. The van der Waals surface area contributed by atoms with Crippen LogP contribution in [0.5, 0.6) is 0 Å². The highest BCUT2D eigenvalue weighted by atomic mass is 32.2. The molecule has 0 amide bonds. The smallest absolute Gasteiger partial charge is 0.240 e. The Hall–Kier alpha value is -1.07. The SMILES string of the molecule is CCCCCC(CC)NS(=O)(=O)c1ccc(N)cc1. The molecule has 4 nitrogen and oxygen atoms in total. The van der Waals surface area contributed by atoms with Crippen LogP contribution in [0.2, 0.25) is 0 Å². The Labute approximate surface area is 116 Å². The monoisotopic (exact) mass is 284 g/mol. The van der Waals surface area contributed by atoms with Gasteiger partial charge in [-0.15, -0.1) is 0 Å². The first kappa shape index (κ1) is 16.0. The van der Waals surface area contributed by atoms with Gasteiger partial charge in [-0.05, 0) is 37.1 Å². The fourth-order valence-corrected chi connectivity index (χ4v) is 3.28. The topological polar surface area (TPSA) is 72.2 Å². The molecule has 1 atom stereocenters. The van der Waals surface area contributed by atoms with Crippen LogP contribution in [0.25, 0.3) is 0 Å². The van der Waals surface area contributed by atoms with Crippen molar-refractivity contribution >= 4 is 15.7 Å². The average Bonchev–Trinajstić information content (AvgIpc) is 2.38. The quantitative estimate of drug-likeness (QED) is 0.569. The second kappa shape index (κ2) is 7.50. The second-order valence-electron chi connectivity index (χ2n) is 4.79. The van der Waals surface area contributed by atoms with Crippen LogP contribution in [0.3, 0.4) is 0 Å². The van der Waals surface area contributed by atoms with Gasteiger partial charge in [0.25, 0.3) is 0 Å². The maximum absolute atomic E-state index is 12.2. The normalized spacial score (nSPS) is 13.4. The average molecular weight is 284 g/mol. The molecule has 5 heteroatoms. The van der Waals surface area contributed by atoms with Gasteiger partial charge in [0.2, 0.25) is 10.0 Å². The number of unbranched alkanes of at least 4 members (excludes halogenated alkanes) is 2. The van der Waals surface area contributed by atoms with Crippen molar-refractivity contribution in [3.63, 3.8) is 0 Å². The summed E-state index contributed by atoms with van der Waals surface area (Å²) < 4.78 is 27.2. The van der Waals surface area contributed by atoms with Gasteiger partial charge < -0.3 is 5.73 Å². The second-order valence-corrected chi connectivity index (χ2v) is 6.51. The van der Waals surface area contributed by atoms with Crippen molar-refractivity contribution in [3.05, 3.63) is 24.3 Å². The minimum atomic E-state index is -3.43. The van der Waals surface area contributed by atoms with E-state index in [2.05, 4.69) is 11.6 Å². The molecule has 1 unspecified atom stereocenters. The van der Waals surface area contributed by atoms with Crippen molar-refractivity contribution in [2.75, 3.05) is 5.73 Å². The third kappa shape index (κ3) is 5.20. The fraction of sp³-hybridized carbons (Fsp3) is 0.571. The summed E-state index contributed by atoms with van der Waals surface area (Å²) in [5.74, 6) is 0. The summed E-state index contributed by atoms with van der Waals surface area (Å²) in [4.78, 5) is 0.274. The van der Waals surface area contributed by atoms with Crippen LogP contribution in [-0.2, 0) is 10.0 Å². The van der Waals surface area contributed by atoms with Gasteiger partial charge in [0.05, 0.1) is 4.90 Å². The van der Waals surface area contributed by atoms with Crippen molar-refractivity contribution in [1.29, 1.82) is 0 Å². The van der Waals surface area contributed by atoms with Gasteiger partial charge >= 0.3 is 0 Å². The van der Waals surface area contributed by atoms with Gasteiger partial charge in [-0.2, -0.15) is 0 Å². The zero-order valence-electron chi connectivity index (χ0n) is 11.7. The van der Waals surface area contributed by atoms with Gasteiger partial charge in [-0.3, -0.25) is 0 Å². The van der Waals surface area contributed by atoms with E-state index < -0.39 is 10.0 Å². The Morgan fingerprint density at radius 2 is 1.79 bits per heavy atom. The van der Waals surface area contributed by atoms with Gasteiger partial charge in [-0.25, -0.2) is 13.1 Å². The first-order valence-electron chi connectivity index (χ1n) is 6.87. The lowest BCUT2D eigenvalue weighted by molar-refractivity contribution is 0.494. The summed E-state index contributed by atoms with van der Waals surface area (Å²) in [6.07, 6.45) is 5.02. The van der Waals surface area contributed by atoms with E-state index >= 15 is 0 Å². The molecule has 0 radical (unpaired) electrons. The van der Waals surface area contributed by atoms with Gasteiger partial charge in [0, 0.05) is 11.7 Å². The lowest BCUT2D eigenvalue weighted by atomic mass is 10.1. The molecule has 3 N–H and O–H groups in total. The van der Waals surface area contributed by atoms with E-state index in [9.17, 15) is 8.42 Å². The minimum Gasteiger partial charge on any atom is -0.399 e. The molecule has 0 heterocycles. The third-order valence-electron chi connectivity index (χ3n) is 3.16. The largest absolute Gasteiger partial charge is 0.399 e. The number of rotatable bonds is 8. The molecule has 1 aromatic carbocycles. The van der Waals surface area contributed by atoms with Crippen LogP contribution in [-0.4, -0.2) is 14.5 Å². The number of sulfonamides is 1. The summed E-state index contributed by atoms with van der Waals surface area (Å²) in [5, 5.41) is 0. The Bertz CT molecular complexity index is 469. The van der Waals surface area contributed by atoms with Gasteiger partial charge in [0.1, 0.15) is 0 Å². The van der Waals surface area contributed by atoms with E-state index in [0.29, 0.717) is 5.69 Å². The lowest BCUT2D eigenvalue weighted by Crippen LogP contribution is -2.34. The van der Waals surface area contributed by atoms with Crippen molar-refractivity contribution in [2.24, 2.45) is 0 Å². The predicted octanol–water partition coefficient (Wildman–Crippen LogP) is 2.91. The molecule has 0 saturated heterocycles. The van der Waals surface area contributed by atoms with E-state index in [4.69, 9.17) is 5.73 Å². The Morgan fingerprint density at radius 1 is 1.16 bits per heavy atom. The van der Waals surface area contributed by atoms with Gasteiger partial charge in [-0.1, -0.05) is 33.1 Å². The van der Waals surface area contributed by atoms with E-state index in [-0.39, 0.29) is 10.9 Å². The van der Waals surface area contributed by atoms with Crippen LogP contribution in [0.4, 0.5) is 5.69 Å². The molecular weight excluding hydrogens is 260 g/mol. The third-order valence-corrected chi connectivity index (χ3v) is 4.70. The van der Waals surface area contributed by atoms with E-state index in [1.807, 2.05) is 6.92 Å². The summed E-state index contributed by atoms with van der Waals surface area (Å²) in [5.41, 5.74) is 6.13. The highest BCUT2D eigenvalue weighted by Gasteiger charge is 2.18. The molecule has 0 spiro atoms. The Kier molecular flexibility index (Phi) is 6.31. The molecule has 108 valence electrons. The molecule has 0 bridgehead atoms. The molecule has 1 aromatic rings. The number of nitrogens with one attached hydrogen (secondary N) is 1. The molecule has 0 aliphatic carbocycles. The minimum absolute atomic E-state index is 0.00843. The maximum Gasteiger partial charge on any atom is 0.240 e. The van der Waals surface area contributed by atoms with Crippen LogP contribution in [0, 0.1) is 0 Å². The molecule has 0 aromatic heterocycles. The molecular formula is C14H24N2O2S. The number of hydrogen-bond acceptors (Lipinski definition) is 3. The summed E-state index contributed by atoms with van der Waals surface area (Å²) in [6, 6.07) is 6.29. The lowest BCUT2D eigenvalue weighted by Gasteiger charge is -2.17. The van der Waals surface area contributed by atoms with E-state index in [1.165, 1.54) is 12.1 Å². The molecule has 19 heavy (non-hydrogen) atoms. The van der Waals surface area contributed by atoms with Crippen LogP contribution in [0.15, 0.2) is 29.2 Å². The molecule has 0 aliphatic heterocycles. The highest BCUT2D eigenvalue weighted by molar-refractivity contribution is 7.89. The van der Waals surface area contributed by atoms with E-state index in [0.717, 1.165) is 32.1 Å². The predicted molar refractivity (Wildman–Crippen MR) is 79.4 cm³/mol. The van der Waals surface area contributed by atoms with Crippen LogP contribution >= 0.6 is 0 Å². The molecule has 0 aliphatic rings. The molecule has 0 saturated carbocycles. The van der Waals surface area contributed by atoms with Crippen LogP contribution < -0.4 is 10.5 Å². The number of hydrogen-bond donors (Lipinski definition) is 2.